The van der Waals surface area contributed by atoms with Crippen LogP contribution in [0.5, 0.6) is 0 Å². The molecule has 0 aromatic heterocycles. The van der Waals surface area contributed by atoms with Gasteiger partial charge in [0.2, 0.25) is 0 Å². The third-order valence-corrected chi connectivity index (χ3v) is 1.40. The van der Waals surface area contributed by atoms with Gasteiger partial charge in [0.05, 0.1) is 0 Å². The summed E-state index contributed by atoms with van der Waals surface area (Å²) >= 11 is 0. The molecule has 11 heavy (non-hydrogen) atoms. The number of hydrogen-bond donors (Lipinski definition) is 2. The minimum atomic E-state index is 0.204. The first kappa shape index (κ1) is 8.08. The maximum absolute atomic E-state index is 5.58. The summed E-state index contributed by atoms with van der Waals surface area (Å²) in [5, 5.41) is 3.22. The van der Waals surface area contributed by atoms with Crippen molar-refractivity contribution in [1.82, 2.24) is 0 Å². The first-order valence-electron chi connectivity index (χ1n) is 3.83. The van der Waals surface area contributed by atoms with Crippen LogP contribution < -0.4 is 11.1 Å². The van der Waals surface area contributed by atoms with Crippen molar-refractivity contribution in [3.05, 3.63) is 30.3 Å². The molecule has 0 bridgehead atoms. The molecule has 0 aliphatic carbocycles. The van der Waals surface area contributed by atoms with E-state index in [4.69, 9.17) is 5.73 Å². The summed E-state index contributed by atoms with van der Waals surface area (Å²) in [5.41, 5.74) is 6.71. The van der Waals surface area contributed by atoms with Crippen LogP contribution in [0.25, 0.3) is 0 Å². The molecule has 0 radical (unpaired) electrons. The molecule has 1 aromatic carbocycles. The van der Waals surface area contributed by atoms with E-state index in [-0.39, 0.29) is 6.04 Å². The van der Waals surface area contributed by atoms with Gasteiger partial charge in [-0.2, -0.15) is 0 Å². The van der Waals surface area contributed by atoms with Crippen molar-refractivity contribution in [3.8, 4) is 0 Å². The van der Waals surface area contributed by atoms with Crippen molar-refractivity contribution in [3.63, 3.8) is 0 Å². The molecule has 0 aliphatic heterocycles. The minimum Gasteiger partial charge on any atom is -0.384 e. The first-order chi connectivity index (χ1) is 5.29. The van der Waals surface area contributed by atoms with Crippen molar-refractivity contribution in [2.75, 3.05) is 11.9 Å². The average Bonchev–Trinajstić information content (AvgIpc) is 2.03. The molecular weight excluding hydrogens is 136 g/mol. The van der Waals surface area contributed by atoms with Crippen LogP contribution in [-0.2, 0) is 0 Å². The van der Waals surface area contributed by atoms with Gasteiger partial charge in [0.15, 0.2) is 0 Å². The Balaban J connectivity index is 2.39. The Bertz CT molecular complexity index is 194. The van der Waals surface area contributed by atoms with Crippen LogP contribution in [0.1, 0.15) is 6.92 Å². The Labute approximate surface area is 67.4 Å². The Kier molecular flexibility index (Phi) is 2.93. The summed E-state index contributed by atoms with van der Waals surface area (Å²) < 4.78 is 0. The summed E-state index contributed by atoms with van der Waals surface area (Å²) in [7, 11) is 0. The summed E-state index contributed by atoms with van der Waals surface area (Å²) in [6.45, 7) is 2.81. The molecule has 0 saturated carbocycles. The zero-order valence-electron chi connectivity index (χ0n) is 6.75. The molecule has 3 N–H and O–H groups in total. The van der Waals surface area contributed by atoms with Gasteiger partial charge in [-0.25, -0.2) is 0 Å². The Morgan fingerprint density at radius 1 is 1.36 bits per heavy atom. The lowest BCUT2D eigenvalue weighted by Gasteiger charge is -2.07. The van der Waals surface area contributed by atoms with E-state index in [2.05, 4.69) is 5.32 Å². The maximum atomic E-state index is 5.58. The number of nitrogens with one attached hydrogen (secondary N) is 1. The molecule has 0 aliphatic rings. The Morgan fingerprint density at radius 3 is 2.55 bits per heavy atom. The second-order valence-electron chi connectivity index (χ2n) is 2.72. The number of anilines is 1. The molecule has 0 heterocycles. The van der Waals surface area contributed by atoms with Crippen molar-refractivity contribution in [2.45, 2.75) is 13.0 Å². The van der Waals surface area contributed by atoms with Gasteiger partial charge in [-0.05, 0) is 19.1 Å². The highest BCUT2D eigenvalue weighted by Crippen LogP contribution is 2.03. The molecule has 1 atom stereocenters. The van der Waals surface area contributed by atoms with Crippen LogP contribution in [0.2, 0.25) is 0 Å². The summed E-state index contributed by atoms with van der Waals surface area (Å²) in [6, 6.07) is 10.3. The smallest absolute Gasteiger partial charge is 0.0340 e. The zero-order chi connectivity index (χ0) is 8.10. The van der Waals surface area contributed by atoms with Gasteiger partial charge in [-0.3, -0.25) is 0 Å². The van der Waals surface area contributed by atoms with E-state index in [1.807, 2.05) is 37.3 Å². The zero-order valence-corrected chi connectivity index (χ0v) is 6.75. The molecule has 0 unspecified atom stereocenters. The van der Waals surface area contributed by atoms with Gasteiger partial charge >= 0.3 is 0 Å². The molecule has 1 rings (SSSR count). The molecular formula is C9H14N2. The Morgan fingerprint density at radius 2 is 2.00 bits per heavy atom. The number of rotatable bonds is 3. The second-order valence-corrected chi connectivity index (χ2v) is 2.72. The molecule has 1 aromatic rings. The molecule has 0 spiro atoms. The van der Waals surface area contributed by atoms with Gasteiger partial charge < -0.3 is 11.1 Å². The van der Waals surface area contributed by atoms with Crippen LogP contribution in [0.4, 0.5) is 5.69 Å². The van der Waals surface area contributed by atoms with E-state index >= 15 is 0 Å². The van der Waals surface area contributed by atoms with E-state index in [0.717, 1.165) is 12.2 Å². The quantitative estimate of drug-likeness (QED) is 0.684. The summed E-state index contributed by atoms with van der Waals surface area (Å²) in [6.07, 6.45) is 0. The predicted octanol–water partition coefficient (Wildman–Crippen LogP) is 1.45. The van der Waals surface area contributed by atoms with E-state index < -0.39 is 0 Å². The monoisotopic (exact) mass is 150 g/mol. The fourth-order valence-corrected chi connectivity index (χ4v) is 0.835. The highest BCUT2D eigenvalue weighted by atomic mass is 14.9. The normalized spacial score (nSPS) is 12.5. The Hall–Kier alpha value is -1.02. The summed E-state index contributed by atoms with van der Waals surface area (Å²) in [4.78, 5) is 0. The number of hydrogen-bond acceptors (Lipinski definition) is 2. The first-order valence-corrected chi connectivity index (χ1v) is 3.83. The van der Waals surface area contributed by atoms with Crippen LogP contribution in [0, 0.1) is 0 Å². The third kappa shape index (κ3) is 3.05. The lowest BCUT2D eigenvalue weighted by molar-refractivity contribution is 0.780. The topological polar surface area (TPSA) is 38.0 Å². The number of para-hydroxylation sites is 1. The van der Waals surface area contributed by atoms with Crippen LogP contribution in [-0.4, -0.2) is 12.6 Å². The third-order valence-electron chi connectivity index (χ3n) is 1.40. The standard InChI is InChI=1S/C9H14N2/c1-8(10)7-11-9-5-3-2-4-6-9/h2-6,8,11H,7,10H2,1H3/t8-/m1/s1. The van der Waals surface area contributed by atoms with Crippen molar-refractivity contribution in [2.24, 2.45) is 5.73 Å². The second kappa shape index (κ2) is 3.98. The lowest BCUT2D eigenvalue weighted by Crippen LogP contribution is -2.25. The van der Waals surface area contributed by atoms with Crippen LogP contribution in [0.3, 0.4) is 0 Å². The molecule has 2 heteroatoms. The fraction of sp³-hybridized carbons (Fsp3) is 0.333. The average molecular weight is 150 g/mol. The van der Waals surface area contributed by atoms with Gasteiger partial charge in [0.1, 0.15) is 0 Å². The highest BCUT2D eigenvalue weighted by Gasteiger charge is 1.92. The van der Waals surface area contributed by atoms with Crippen LogP contribution >= 0.6 is 0 Å². The molecule has 60 valence electrons. The fourth-order valence-electron chi connectivity index (χ4n) is 0.835. The minimum absolute atomic E-state index is 0.204. The lowest BCUT2D eigenvalue weighted by atomic mass is 10.3. The van der Waals surface area contributed by atoms with Gasteiger partial charge in [-0.1, -0.05) is 18.2 Å². The maximum Gasteiger partial charge on any atom is 0.0340 e. The van der Waals surface area contributed by atoms with E-state index in [1.165, 1.54) is 0 Å². The van der Waals surface area contributed by atoms with Gasteiger partial charge in [-0.15, -0.1) is 0 Å². The van der Waals surface area contributed by atoms with Crippen LogP contribution in [0.15, 0.2) is 30.3 Å². The molecule has 0 fully saturated rings. The van der Waals surface area contributed by atoms with Crippen molar-refractivity contribution in [1.29, 1.82) is 0 Å². The number of benzene rings is 1. The van der Waals surface area contributed by atoms with Gasteiger partial charge in [0.25, 0.3) is 0 Å². The summed E-state index contributed by atoms with van der Waals surface area (Å²) in [5.74, 6) is 0. The largest absolute Gasteiger partial charge is 0.384 e. The SMILES string of the molecule is C[C@@H](N)CNc1ccccc1. The van der Waals surface area contributed by atoms with Gasteiger partial charge in [0, 0.05) is 18.3 Å². The predicted molar refractivity (Wildman–Crippen MR) is 48.6 cm³/mol. The van der Waals surface area contributed by atoms with E-state index in [0.29, 0.717) is 0 Å². The highest BCUT2D eigenvalue weighted by molar-refractivity contribution is 5.42. The molecule has 2 nitrogen and oxygen atoms in total. The van der Waals surface area contributed by atoms with Crippen molar-refractivity contribution >= 4 is 5.69 Å². The number of nitrogens with two attached hydrogens (primary N) is 1. The van der Waals surface area contributed by atoms with Crippen molar-refractivity contribution < 1.29 is 0 Å². The van der Waals surface area contributed by atoms with E-state index in [1.54, 1.807) is 0 Å². The molecule has 0 amide bonds. The van der Waals surface area contributed by atoms with E-state index in [9.17, 15) is 0 Å². The molecule has 0 saturated heterocycles.